The molecular formula is C33H39FO5. The van der Waals surface area contributed by atoms with Crippen LogP contribution in [0.1, 0.15) is 68.7 Å². The molecule has 0 aliphatic heterocycles. The van der Waals surface area contributed by atoms with Crippen LogP contribution in [0.25, 0.3) is 11.1 Å². The van der Waals surface area contributed by atoms with Crippen molar-refractivity contribution in [1.82, 2.24) is 0 Å². The fourth-order valence-corrected chi connectivity index (χ4v) is 4.91. The summed E-state index contributed by atoms with van der Waals surface area (Å²) in [4.78, 5) is 11.4. The molecule has 6 heteroatoms. The van der Waals surface area contributed by atoms with Crippen LogP contribution in [0, 0.1) is 11.2 Å². The summed E-state index contributed by atoms with van der Waals surface area (Å²) in [7, 11) is 3.19. The van der Waals surface area contributed by atoms with E-state index in [4.69, 9.17) is 14.2 Å². The van der Waals surface area contributed by atoms with Gasteiger partial charge in [-0.05, 0) is 71.0 Å². The van der Waals surface area contributed by atoms with E-state index >= 15 is 4.39 Å². The van der Waals surface area contributed by atoms with Gasteiger partial charge in [-0.3, -0.25) is 4.79 Å². The van der Waals surface area contributed by atoms with E-state index in [2.05, 4.69) is 13.5 Å². The predicted octanol–water partition coefficient (Wildman–Crippen LogP) is 8.34. The Morgan fingerprint density at radius 2 is 1.82 bits per heavy atom. The predicted molar refractivity (Wildman–Crippen MR) is 153 cm³/mol. The Labute approximate surface area is 231 Å². The minimum atomic E-state index is -0.810. The minimum absolute atomic E-state index is 0.0664. The lowest BCUT2D eigenvalue weighted by molar-refractivity contribution is -0.137. The van der Waals surface area contributed by atoms with Gasteiger partial charge in [-0.25, -0.2) is 4.39 Å². The molecule has 2 atom stereocenters. The normalized spacial score (nSPS) is 13.0. The van der Waals surface area contributed by atoms with Gasteiger partial charge in [-0.2, -0.15) is 0 Å². The number of methoxy groups -OCH3 is 2. The van der Waals surface area contributed by atoms with Crippen molar-refractivity contribution in [2.24, 2.45) is 5.41 Å². The fourth-order valence-electron chi connectivity index (χ4n) is 4.91. The second-order valence-corrected chi connectivity index (χ2v) is 10.4. The molecule has 5 nitrogen and oxygen atoms in total. The summed E-state index contributed by atoms with van der Waals surface area (Å²) < 4.78 is 32.5. The Morgan fingerprint density at radius 3 is 2.46 bits per heavy atom. The molecular weight excluding hydrogens is 495 g/mol. The molecule has 3 aromatic carbocycles. The molecule has 0 radical (unpaired) electrons. The van der Waals surface area contributed by atoms with Gasteiger partial charge in [0.25, 0.3) is 0 Å². The fraction of sp³-hybridized carbons (Fsp3) is 0.364. The van der Waals surface area contributed by atoms with Gasteiger partial charge in [0.2, 0.25) is 0 Å². The molecule has 1 N–H and O–H groups in total. The zero-order valence-electron chi connectivity index (χ0n) is 23.5. The molecule has 3 rings (SSSR count). The lowest BCUT2D eigenvalue weighted by atomic mass is 9.79. The molecule has 0 aliphatic carbocycles. The highest BCUT2D eigenvalue weighted by atomic mass is 19.1. The van der Waals surface area contributed by atoms with Crippen LogP contribution in [-0.2, 0) is 16.1 Å². The van der Waals surface area contributed by atoms with Gasteiger partial charge in [-0.15, -0.1) is 6.58 Å². The number of hydrogen-bond donors (Lipinski definition) is 1. The highest BCUT2D eigenvalue weighted by molar-refractivity contribution is 5.71. The van der Waals surface area contributed by atoms with Gasteiger partial charge < -0.3 is 19.3 Å². The summed E-state index contributed by atoms with van der Waals surface area (Å²) >= 11 is 0. The number of aliphatic carboxylic acids is 1. The molecule has 0 aliphatic rings. The van der Waals surface area contributed by atoms with Crippen LogP contribution in [0.5, 0.6) is 11.5 Å². The molecule has 0 amide bonds. The molecule has 0 unspecified atom stereocenters. The number of carbonyl (C=O) groups is 1. The summed E-state index contributed by atoms with van der Waals surface area (Å²) in [5.74, 6) is -0.00513. The minimum Gasteiger partial charge on any atom is -0.497 e. The zero-order chi connectivity index (χ0) is 28.6. The second kappa shape index (κ2) is 13.4. The van der Waals surface area contributed by atoms with E-state index in [1.54, 1.807) is 26.4 Å². The molecule has 0 aromatic heterocycles. The van der Waals surface area contributed by atoms with Gasteiger partial charge in [0.05, 0.1) is 19.6 Å². The summed E-state index contributed by atoms with van der Waals surface area (Å²) in [6.45, 7) is 10.4. The topological polar surface area (TPSA) is 65.0 Å². The van der Waals surface area contributed by atoms with Crippen molar-refractivity contribution in [3.05, 3.63) is 95.8 Å². The molecule has 0 bridgehead atoms. The summed E-state index contributed by atoms with van der Waals surface area (Å²) in [5, 5.41) is 9.33. The second-order valence-electron chi connectivity index (χ2n) is 10.4. The molecule has 0 saturated heterocycles. The van der Waals surface area contributed by atoms with Gasteiger partial charge in [0.15, 0.2) is 0 Å². The van der Waals surface area contributed by atoms with Gasteiger partial charge in [-0.1, -0.05) is 57.5 Å². The molecule has 3 aromatic rings. The average molecular weight is 535 g/mol. The van der Waals surface area contributed by atoms with Crippen LogP contribution in [-0.4, -0.2) is 25.3 Å². The number of carboxylic acids is 1. The van der Waals surface area contributed by atoms with E-state index in [9.17, 15) is 9.90 Å². The Balaban J connectivity index is 1.98. The van der Waals surface area contributed by atoms with Crippen molar-refractivity contribution >= 4 is 5.97 Å². The van der Waals surface area contributed by atoms with Crippen LogP contribution in [0.4, 0.5) is 4.39 Å². The van der Waals surface area contributed by atoms with Crippen LogP contribution in [0.3, 0.4) is 0 Å². The summed E-state index contributed by atoms with van der Waals surface area (Å²) in [6, 6.07) is 18.1. The van der Waals surface area contributed by atoms with Gasteiger partial charge in [0, 0.05) is 18.1 Å². The number of benzene rings is 3. The van der Waals surface area contributed by atoms with E-state index in [-0.39, 0.29) is 24.8 Å². The van der Waals surface area contributed by atoms with Crippen LogP contribution < -0.4 is 9.47 Å². The smallest absolute Gasteiger partial charge is 0.303 e. The van der Waals surface area contributed by atoms with E-state index in [1.165, 1.54) is 6.07 Å². The number of carboxylic acid groups (broad SMARTS) is 1. The van der Waals surface area contributed by atoms with Crippen molar-refractivity contribution < 1.29 is 28.5 Å². The third-order valence-corrected chi connectivity index (χ3v) is 7.09. The maximum atomic E-state index is 15.0. The Hall–Kier alpha value is -3.64. The molecule has 208 valence electrons. The van der Waals surface area contributed by atoms with Crippen molar-refractivity contribution in [2.75, 3.05) is 14.2 Å². The number of hydrogen-bond acceptors (Lipinski definition) is 4. The SMILES string of the molecule is C=CC(C)(C)[C@@H](OC)c1cc(COc2cccc([C@@H](CCC)CC(=O)O)c2)ccc1-c1cc(OC)ccc1F. The third-order valence-electron chi connectivity index (χ3n) is 7.09. The van der Waals surface area contributed by atoms with Crippen LogP contribution in [0.2, 0.25) is 0 Å². The highest BCUT2D eigenvalue weighted by Gasteiger charge is 2.31. The Morgan fingerprint density at radius 1 is 1.05 bits per heavy atom. The first kappa shape index (κ1) is 29.9. The maximum absolute atomic E-state index is 15.0. The standard InChI is InChI=1S/C33H39FO5/c1-7-10-23(19-31(35)36)24-11-9-12-26(18-24)39-21-22-13-15-27(28-20-25(37-5)14-16-30(28)34)29(17-22)32(38-6)33(3,4)8-2/h8-9,11-18,20,23,32H,2,7,10,19,21H2,1,3-6H3,(H,35,36)/t23-,32-/m0/s1. The number of halogens is 1. The molecule has 39 heavy (non-hydrogen) atoms. The highest BCUT2D eigenvalue weighted by Crippen LogP contribution is 2.43. The zero-order valence-corrected chi connectivity index (χ0v) is 23.5. The summed E-state index contributed by atoms with van der Waals surface area (Å²) in [6.07, 6.45) is 3.21. The molecule has 0 heterocycles. The monoisotopic (exact) mass is 534 g/mol. The Bertz CT molecular complexity index is 1280. The van der Waals surface area contributed by atoms with E-state index < -0.39 is 17.5 Å². The van der Waals surface area contributed by atoms with Crippen molar-refractivity contribution in [1.29, 1.82) is 0 Å². The maximum Gasteiger partial charge on any atom is 0.303 e. The summed E-state index contributed by atoms with van der Waals surface area (Å²) in [5.41, 5.74) is 3.34. The Kier molecular flexibility index (Phi) is 10.3. The van der Waals surface area contributed by atoms with Crippen LogP contribution in [0.15, 0.2) is 73.3 Å². The van der Waals surface area contributed by atoms with E-state index in [0.29, 0.717) is 22.6 Å². The van der Waals surface area contributed by atoms with Gasteiger partial charge in [0.1, 0.15) is 23.9 Å². The van der Waals surface area contributed by atoms with E-state index in [1.807, 2.05) is 62.4 Å². The first-order chi connectivity index (χ1) is 18.6. The molecule has 0 fully saturated rings. The molecule has 0 saturated carbocycles. The van der Waals surface area contributed by atoms with Crippen LogP contribution >= 0.6 is 0 Å². The third kappa shape index (κ3) is 7.48. The largest absolute Gasteiger partial charge is 0.497 e. The van der Waals surface area contributed by atoms with E-state index in [0.717, 1.165) is 29.5 Å². The quantitative estimate of drug-likeness (QED) is 0.211. The molecule has 0 spiro atoms. The van der Waals surface area contributed by atoms with Crippen molar-refractivity contribution in [2.45, 2.75) is 58.7 Å². The van der Waals surface area contributed by atoms with Gasteiger partial charge >= 0.3 is 5.97 Å². The first-order valence-electron chi connectivity index (χ1n) is 13.2. The lowest BCUT2D eigenvalue weighted by Crippen LogP contribution is -2.22. The average Bonchev–Trinajstić information content (AvgIpc) is 2.92. The first-order valence-corrected chi connectivity index (χ1v) is 13.2. The van der Waals surface area contributed by atoms with Crippen molar-refractivity contribution in [3.63, 3.8) is 0 Å². The number of rotatable bonds is 14. The van der Waals surface area contributed by atoms with Crippen molar-refractivity contribution in [3.8, 4) is 22.6 Å². The lowest BCUT2D eigenvalue weighted by Gasteiger charge is -2.32. The number of ether oxygens (including phenoxy) is 3.